The number of aromatic nitrogens is 2. The highest BCUT2D eigenvalue weighted by atomic mass is 35.5. The molecule has 0 bridgehead atoms. The van der Waals surface area contributed by atoms with E-state index < -0.39 is 0 Å². The van der Waals surface area contributed by atoms with Crippen LogP contribution in [0.2, 0.25) is 5.15 Å². The number of methoxy groups -OCH3 is 1. The zero-order chi connectivity index (χ0) is 13.8. The second-order valence-corrected chi connectivity index (χ2v) is 4.20. The number of benzene rings is 1. The predicted octanol–water partition coefficient (Wildman–Crippen LogP) is 1.92. The van der Waals surface area contributed by atoms with Gasteiger partial charge in [-0.05, 0) is 17.7 Å². The van der Waals surface area contributed by atoms with E-state index in [1.807, 2.05) is 24.3 Å². The van der Waals surface area contributed by atoms with E-state index in [0.29, 0.717) is 12.5 Å². The molecule has 0 fully saturated rings. The molecule has 6 nitrogen and oxygen atoms in total. The SMILES string of the molecule is COc1ccc(CNc2nc(N)c(N)c(Cl)n2)cc1. The van der Waals surface area contributed by atoms with E-state index in [0.717, 1.165) is 11.3 Å². The lowest BCUT2D eigenvalue weighted by atomic mass is 10.2. The molecular formula is C12H14ClN5O. The maximum absolute atomic E-state index is 5.83. The van der Waals surface area contributed by atoms with Crippen LogP contribution in [-0.4, -0.2) is 17.1 Å². The molecule has 0 saturated heterocycles. The fraction of sp³-hybridized carbons (Fsp3) is 0.167. The van der Waals surface area contributed by atoms with Crippen molar-refractivity contribution in [1.82, 2.24) is 9.97 Å². The van der Waals surface area contributed by atoms with Gasteiger partial charge in [-0.3, -0.25) is 0 Å². The Morgan fingerprint density at radius 2 is 1.89 bits per heavy atom. The van der Waals surface area contributed by atoms with Crippen LogP contribution in [0.25, 0.3) is 0 Å². The lowest BCUT2D eigenvalue weighted by molar-refractivity contribution is 0.414. The molecule has 7 heteroatoms. The first kappa shape index (κ1) is 13.2. The van der Waals surface area contributed by atoms with Crippen LogP contribution < -0.4 is 21.5 Å². The molecule has 0 spiro atoms. The Morgan fingerprint density at radius 1 is 1.21 bits per heavy atom. The third-order valence-corrected chi connectivity index (χ3v) is 2.83. The number of rotatable bonds is 4. The van der Waals surface area contributed by atoms with Crippen molar-refractivity contribution in [2.75, 3.05) is 23.9 Å². The van der Waals surface area contributed by atoms with Gasteiger partial charge in [-0.25, -0.2) is 0 Å². The molecule has 2 rings (SSSR count). The van der Waals surface area contributed by atoms with Crippen LogP contribution in [0.3, 0.4) is 0 Å². The third kappa shape index (κ3) is 3.17. The van der Waals surface area contributed by atoms with Gasteiger partial charge in [-0.2, -0.15) is 9.97 Å². The van der Waals surface area contributed by atoms with E-state index in [1.165, 1.54) is 0 Å². The molecule has 0 radical (unpaired) electrons. The number of nitrogens with two attached hydrogens (primary N) is 2. The molecule has 1 heterocycles. The normalized spacial score (nSPS) is 10.2. The van der Waals surface area contributed by atoms with Crippen LogP contribution in [0, 0.1) is 0 Å². The van der Waals surface area contributed by atoms with Crippen molar-refractivity contribution in [3.05, 3.63) is 35.0 Å². The summed E-state index contributed by atoms with van der Waals surface area (Å²) in [6.07, 6.45) is 0. The third-order valence-electron chi connectivity index (χ3n) is 2.54. The van der Waals surface area contributed by atoms with Crippen molar-refractivity contribution >= 4 is 29.1 Å². The fourth-order valence-corrected chi connectivity index (χ4v) is 1.64. The van der Waals surface area contributed by atoms with E-state index >= 15 is 0 Å². The minimum absolute atomic E-state index is 0.143. The van der Waals surface area contributed by atoms with Gasteiger partial charge >= 0.3 is 0 Å². The van der Waals surface area contributed by atoms with Gasteiger partial charge in [0.2, 0.25) is 5.95 Å². The average molecular weight is 280 g/mol. The molecule has 100 valence electrons. The number of anilines is 3. The van der Waals surface area contributed by atoms with Crippen LogP contribution in [0.4, 0.5) is 17.5 Å². The van der Waals surface area contributed by atoms with Gasteiger partial charge in [0.1, 0.15) is 11.4 Å². The van der Waals surface area contributed by atoms with Crippen LogP contribution in [-0.2, 0) is 6.54 Å². The van der Waals surface area contributed by atoms with Gasteiger partial charge in [0, 0.05) is 6.54 Å². The van der Waals surface area contributed by atoms with Gasteiger partial charge in [-0.1, -0.05) is 23.7 Å². The summed E-state index contributed by atoms with van der Waals surface area (Å²) in [5.41, 5.74) is 12.4. The second kappa shape index (κ2) is 5.62. The van der Waals surface area contributed by atoms with Crippen molar-refractivity contribution in [2.45, 2.75) is 6.54 Å². The number of hydrogen-bond donors (Lipinski definition) is 3. The van der Waals surface area contributed by atoms with Crippen LogP contribution in [0.1, 0.15) is 5.56 Å². The number of halogens is 1. The Labute approximate surface area is 115 Å². The Bertz CT molecular complexity index is 550. The first-order valence-electron chi connectivity index (χ1n) is 5.55. The molecule has 0 aliphatic rings. The van der Waals surface area contributed by atoms with Crippen LogP contribution >= 0.6 is 11.6 Å². The number of nitrogen functional groups attached to an aromatic ring is 2. The van der Waals surface area contributed by atoms with Gasteiger partial charge < -0.3 is 21.5 Å². The van der Waals surface area contributed by atoms with Crippen molar-refractivity contribution < 1.29 is 4.74 Å². The Hall–Kier alpha value is -2.21. The van der Waals surface area contributed by atoms with Crippen molar-refractivity contribution in [1.29, 1.82) is 0 Å². The lowest BCUT2D eigenvalue weighted by Gasteiger charge is -2.08. The molecule has 5 N–H and O–H groups in total. The topological polar surface area (TPSA) is 99.1 Å². The van der Waals surface area contributed by atoms with E-state index in [1.54, 1.807) is 7.11 Å². The summed E-state index contributed by atoms with van der Waals surface area (Å²) in [5, 5.41) is 3.17. The molecule has 19 heavy (non-hydrogen) atoms. The molecule has 1 aromatic carbocycles. The van der Waals surface area contributed by atoms with E-state index in [9.17, 15) is 0 Å². The summed E-state index contributed by atoms with van der Waals surface area (Å²) in [7, 11) is 1.63. The van der Waals surface area contributed by atoms with Gasteiger partial charge in [0.25, 0.3) is 0 Å². The predicted molar refractivity (Wildman–Crippen MR) is 76.2 cm³/mol. The Kier molecular flexibility index (Phi) is 3.91. The summed E-state index contributed by atoms with van der Waals surface area (Å²) >= 11 is 5.83. The highest BCUT2D eigenvalue weighted by molar-refractivity contribution is 6.32. The quantitative estimate of drug-likeness (QED) is 0.740. The standard InChI is InChI=1S/C12H14ClN5O/c1-19-8-4-2-7(3-5-8)6-16-12-17-10(13)9(14)11(15)18-12/h2-5H,6,14H2,1H3,(H3,15,16,17,18). The molecule has 0 amide bonds. The van der Waals surface area contributed by atoms with Crippen LogP contribution in [0.5, 0.6) is 5.75 Å². The minimum Gasteiger partial charge on any atom is -0.497 e. The molecule has 0 unspecified atom stereocenters. The van der Waals surface area contributed by atoms with Crippen molar-refractivity contribution in [2.24, 2.45) is 0 Å². The Balaban J connectivity index is 2.05. The maximum Gasteiger partial charge on any atom is 0.226 e. The average Bonchev–Trinajstić information content (AvgIpc) is 2.43. The van der Waals surface area contributed by atoms with Crippen LogP contribution in [0.15, 0.2) is 24.3 Å². The number of nitrogens with one attached hydrogen (secondary N) is 1. The number of ether oxygens (including phenoxy) is 1. The monoisotopic (exact) mass is 279 g/mol. The number of nitrogens with zero attached hydrogens (tertiary/aromatic N) is 2. The largest absolute Gasteiger partial charge is 0.497 e. The molecular weight excluding hydrogens is 266 g/mol. The van der Waals surface area contributed by atoms with Gasteiger partial charge in [0.15, 0.2) is 11.0 Å². The maximum atomic E-state index is 5.83. The fourth-order valence-electron chi connectivity index (χ4n) is 1.46. The molecule has 1 aromatic heterocycles. The summed E-state index contributed by atoms with van der Waals surface area (Å²) in [6.45, 7) is 0.545. The molecule has 0 aliphatic carbocycles. The minimum atomic E-state index is 0.143. The second-order valence-electron chi connectivity index (χ2n) is 3.84. The van der Waals surface area contributed by atoms with Gasteiger partial charge in [-0.15, -0.1) is 0 Å². The van der Waals surface area contributed by atoms with E-state index in [4.69, 9.17) is 27.8 Å². The first-order chi connectivity index (χ1) is 9.10. The van der Waals surface area contributed by atoms with Crippen molar-refractivity contribution in [3.8, 4) is 5.75 Å². The molecule has 2 aromatic rings. The summed E-state index contributed by atoms with van der Waals surface area (Å²) in [6, 6.07) is 7.63. The molecule has 0 atom stereocenters. The highest BCUT2D eigenvalue weighted by Crippen LogP contribution is 2.22. The Morgan fingerprint density at radius 3 is 2.47 bits per heavy atom. The zero-order valence-corrected chi connectivity index (χ0v) is 11.1. The van der Waals surface area contributed by atoms with Gasteiger partial charge in [0.05, 0.1) is 7.11 Å². The first-order valence-corrected chi connectivity index (χ1v) is 5.93. The highest BCUT2D eigenvalue weighted by Gasteiger charge is 2.07. The summed E-state index contributed by atoms with van der Waals surface area (Å²) in [4.78, 5) is 8.00. The van der Waals surface area contributed by atoms with E-state index in [2.05, 4.69) is 15.3 Å². The summed E-state index contributed by atoms with van der Waals surface area (Å²) in [5.74, 6) is 1.31. The van der Waals surface area contributed by atoms with Crippen molar-refractivity contribution in [3.63, 3.8) is 0 Å². The summed E-state index contributed by atoms with van der Waals surface area (Å²) < 4.78 is 5.08. The smallest absolute Gasteiger partial charge is 0.226 e. The zero-order valence-electron chi connectivity index (χ0n) is 10.4. The number of hydrogen-bond acceptors (Lipinski definition) is 6. The van der Waals surface area contributed by atoms with E-state index in [-0.39, 0.29) is 16.7 Å². The molecule has 0 aliphatic heterocycles. The lowest BCUT2D eigenvalue weighted by Crippen LogP contribution is -2.08. The molecule has 0 saturated carbocycles.